The summed E-state index contributed by atoms with van der Waals surface area (Å²) in [5, 5.41) is 3.09. The Hall–Kier alpha value is -2.72. The highest BCUT2D eigenvalue weighted by molar-refractivity contribution is 8.04. The van der Waals surface area contributed by atoms with Gasteiger partial charge in [0.2, 0.25) is 5.91 Å². The van der Waals surface area contributed by atoms with Crippen molar-refractivity contribution in [2.45, 2.75) is 22.8 Å². The Morgan fingerprint density at radius 2 is 1.25 bits per heavy atom. The molecule has 0 fully saturated rings. The van der Waals surface area contributed by atoms with Gasteiger partial charge in [0.1, 0.15) is 0 Å². The average molecular weight is 493 g/mol. The molecule has 0 aromatic heterocycles. The number of nitrogens with zero attached hydrogens (tertiary/aromatic N) is 1. The van der Waals surface area contributed by atoms with Gasteiger partial charge in [-0.1, -0.05) is 63.8 Å². The van der Waals surface area contributed by atoms with Crippen LogP contribution in [-0.2, 0) is 24.8 Å². The smallest absolute Gasteiger partial charge is 0.256 e. The first-order valence-electron chi connectivity index (χ1n) is 9.53. The van der Waals surface area contributed by atoms with Crippen LogP contribution in [0.15, 0.2) is 94.7 Å². The quantitative estimate of drug-likeness (QED) is 0.517. The number of carbonyl (C=O) groups excluding carboxylic acids is 1. The molecule has 168 valence electrons. The highest BCUT2D eigenvalue weighted by atomic mass is 35.5. The molecule has 0 saturated heterocycles. The van der Waals surface area contributed by atoms with Crippen molar-refractivity contribution in [3.63, 3.8) is 0 Å². The van der Waals surface area contributed by atoms with Crippen molar-refractivity contribution >= 4 is 37.6 Å². The van der Waals surface area contributed by atoms with Gasteiger partial charge in [-0.3, -0.25) is 4.79 Å². The van der Waals surface area contributed by atoms with Crippen LogP contribution in [0.2, 0.25) is 5.02 Å². The zero-order chi connectivity index (χ0) is 23.4. The van der Waals surface area contributed by atoms with Crippen LogP contribution in [0, 0.1) is 0 Å². The second-order valence-corrected chi connectivity index (χ2v) is 11.3. The van der Waals surface area contributed by atoms with Crippen molar-refractivity contribution in [1.82, 2.24) is 9.03 Å². The van der Waals surface area contributed by atoms with Crippen LogP contribution < -0.4 is 5.32 Å². The number of nitrogens with one attached hydrogen (secondary N) is 1. The average Bonchev–Trinajstić information content (AvgIpc) is 2.78. The number of rotatable bonds is 8. The topological polar surface area (TPSA) is 101 Å². The maximum absolute atomic E-state index is 13.5. The zero-order valence-electron chi connectivity index (χ0n) is 17.1. The summed E-state index contributed by atoms with van der Waals surface area (Å²) in [5.41, 5.74) is 0.501. The van der Waals surface area contributed by atoms with Crippen LogP contribution in [0.3, 0.4) is 0 Å². The number of hydrogen-bond acceptors (Lipinski definition) is 5. The molecule has 3 rings (SSSR count). The molecule has 0 spiro atoms. The van der Waals surface area contributed by atoms with Gasteiger partial charge >= 0.3 is 0 Å². The molecular formula is C22H21ClN2O5S2. The molecule has 0 saturated carbocycles. The minimum Gasteiger partial charge on any atom is -0.348 e. The Kier molecular flexibility index (Phi) is 7.35. The predicted molar refractivity (Wildman–Crippen MR) is 122 cm³/mol. The van der Waals surface area contributed by atoms with E-state index in [2.05, 4.69) is 5.32 Å². The highest BCUT2D eigenvalue weighted by Gasteiger charge is 2.38. The summed E-state index contributed by atoms with van der Waals surface area (Å²) < 4.78 is 54.3. The lowest BCUT2D eigenvalue weighted by Gasteiger charge is -2.27. The molecule has 10 heteroatoms. The van der Waals surface area contributed by atoms with E-state index in [-0.39, 0.29) is 9.79 Å². The summed E-state index contributed by atoms with van der Waals surface area (Å²) in [6.45, 7) is 0.723. The van der Waals surface area contributed by atoms with E-state index < -0.39 is 38.5 Å². The fraction of sp³-hybridized carbons (Fsp3) is 0.136. The molecule has 3 aromatic rings. The van der Waals surface area contributed by atoms with Crippen LogP contribution in [0.4, 0.5) is 0 Å². The van der Waals surface area contributed by atoms with Gasteiger partial charge in [-0.15, -0.1) is 0 Å². The summed E-state index contributed by atoms with van der Waals surface area (Å²) in [6.07, 6.45) is 0. The molecule has 0 radical (unpaired) electrons. The summed E-state index contributed by atoms with van der Waals surface area (Å²) >= 11 is 5.94. The third-order valence-corrected chi connectivity index (χ3v) is 9.14. The molecule has 0 heterocycles. The lowest BCUT2D eigenvalue weighted by Crippen LogP contribution is -2.43. The van der Waals surface area contributed by atoms with Gasteiger partial charge < -0.3 is 5.32 Å². The van der Waals surface area contributed by atoms with E-state index in [0.29, 0.717) is 14.3 Å². The Morgan fingerprint density at radius 1 is 0.812 bits per heavy atom. The Balaban J connectivity index is 2.15. The van der Waals surface area contributed by atoms with E-state index in [1.165, 1.54) is 55.5 Å². The first kappa shape index (κ1) is 23.9. The Bertz CT molecular complexity index is 1210. The second-order valence-electron chi connectivity index (χ2n) is 6.90. The largest absolute Gasteiger partial charge is 0.348 e. The van der Waals surface area contributed by atoms with Gasteiger partial charge in [-0.05, 0) is 42.0 Å². The van der Waals surface area contributed by atoms with E-state index in [0.717, 1.165) is 0 Å². The fourth-order valence-corrected chi connectivity index (χ4v) is 6.91. The van der Waals surface area contributed by atoms with Crippen molar-refractivity contribution in [2.75, 3.05) is 6.54 Å². The van der Waals surface area contributed by atoms with E-state index in [9.17, 15) is 21.6 Å². The standard InChI is InChI=1S/C22H21ClN2O5S2/c1-17(26)24-22(18-12-14-19(23)15-13-18)16-25(31(27,28)20-8-4-2-5-9-20)32(29,30)21-10-6-3-7-11-21/h2-15,22H,16H2,1H3,(H,24,26). The number of benzene rings is 3. The number of halogens is 1. The predicted octanol–water partition coefficient (Wildman–Crippen LogP) is 3.60. The highest BCUT2D eigenvalue weighted by Crippen LogP contribution is 2.28. The lowest BCUT2D eigenvalue weighted by molar-refractivity contribution is -0.119. The molecule has 0 bridgehead atoms. The fourth-order valence-electron chi connectivity index (χ4n) is 3.07. The normalized spacial score (nSPS) is 13.0. The van der Waals surface area contributed by atoms with Crippen LogP contribution in [0.1, 0.15) is 18.5 Å². The Morgan fingerprint density at radius 3 is 1.66 bits per heavy atom. The van der Waals surface area contributed by atoms with E-state index >= 15 is 0 Å². The molecule has 1 amide bonds. The van der Waals surface area contributed by atoms with Crippen LogP contribution in [-0.4, -0.2) is 33.0 Å². The van der Waals surface area contributed by atoms with Gasteiger partial charge in [-0.2, -0.15) is 0 Å². The van der Waals surface area contributed by atoms with Crippen molar-refractivity contribution in [1.29, 1.82) is 0 Å². The molecule has 1 unspecified atom stereocenters. The van der Waals surface area contributed by atoms with Gasteiger partial charge in [0.15, 0.2) is 0 Å². The molecule has 3 aromatic carbocycles. The van der Waals surface area contributed by atoms with E-state index in [1.54, 1.807) is 36.4 Å². The first-order valence-corrected chi connectivity index (χ1v) is 12.8. The van der Waals surface area contributed by atoms with Gasteiger partial charge in [0, 0.05) is 11.9 Å². The van der Waals surface area contributed by atoms with E-state index in [4.69, 9.17) is 11.6 Å². The second kappa shape index (κ2) is 9.83. The maximum Gasteiger partial charge on any atom is 0.256 e. The summed E-state index contributed by atoms with van der Waals surface area (Å²) in [6, 6.07) is 20.0. The molecule has 32 heavy (non-hydrogen) atoms. The van der Waals surface area contributed by atoms with Gasteiger partial charge in [0.25, 0.3) is 20.0 Å². The maximum atomic E-state index is 13.5. The van der Waals surface area contributed by atoms with Gasteiger partial charge in [-0.25, -0.2) is 16.8 Å². The lowest BCUT2D eigenvalue weighted by atomic mass is 10.1. The molecule has 0 aliphatic carbocycles. The van der Waals surface area contributed by atoms with Crippen LogP contribution in [0.5, 0.6) is 0 Å². The molecule has 1 atom stereocenters. The minimum absolute atomic E-state index is 0.183. The molecule has 0 aliphatic rings. The van der Waals surface area contributed by atoms with Crippen molar-refractivity contribution in [2.24, 2.45) is 0 Å². The van der Waals surface area contributed by atoms with Crippen molar-refractivity contribution < 1.29 is 21.6 Å². The Labute approximate surface area is 192 Å². The van der Waals surface area contributed by atoms with Crippen molar-refractivity contribution in [3.8, 4) is 0 Å². The monoisotopic (exact) mass is 492 g/mol. The zero-order valence-corrected chi connectivity index (χ0v) is 19.4. The van der Waals surface area contributed by atoms with E-state index in [1.807, 2.05) is 0 Å². The number of carbonyl (C=O) groups is 1. The van der Waals surface area contributed by atoms with Crippen LogP contribution >= 0.6 is 11.6 Å². The molecular weight excluding hydrogens is 472 g/mol. The van der Waals surface area contributed by atoms with Gasteiger partial charge in [0.05, 0.1) is 22.4 Å². The third-order valence-electron chi connectivity index (χ3n) is 4.60. The summed E-state index contributed by atoms with van der Waals surface area (Å²) in [5.74, 6) is -0.445. The summed E-state index contributed by atoms with van der Waals surface area (Å²) in [7, 11) is -8.97. The molecule has 0 aliphatic heterocycles. The molecule has 7 nitrogen and oxygen atoms in total. The minimum atomic E-state index is -4.49. The number of amides is 1. The first-order chi connectivity index (χ1) is 15.1. The third kappa shape index (κ3) is 5.36. The number of sulfonamides is 2. The summed E-state index contributed by atoms with van der Waals surface area (Å²) in [4.78, 5) is 11.5. The van der Waals surface area contributed by atoms with Crippen LogP contribution in [0.25, 0.3) is 0 Å². The SMILES string of the molecule is CC(=O)NC(CN(S(=O)(=O)c1ccccc1)S(=O)(=O)c1ccccc1)c1ccc(Cl)cc1. The van der Waals surface area contributed by atoms with Crippen molar-refractivity contribution in [3.05, 3.63) is 95.5 Å². The number of hydrogen-bond donors (Lipinski definition) is 1. The molecule has 1 N–H and O–H groups in total.